The molecule has 0 radical (unpaired) electrons. The highest BCUT2D eigenvalue weighted by Gasteiger charge is 2.08. The molecule has 2 aromatic carbocycles. The van der Waals surface area contributed by atoms with Crippen LogP contribution in [0.3, 0.4) is 0 Å². The van der Waals surface area contributed by atoms with Crippen molar-refractivity contribution in [1.29, 1.82) is 0 Å². The van der Waals surface area contributed by atoms with Gasteiger partial charge < -0.3 is 10.2 Å². The van der Waals surface area contributed by atoms with E-state index in [1.807, 2.05) is 31.1 Å². The van der Waals surface area contributed by atoms with Crippen molar-refractivity contribution in [3.8, 4) is 0 Å². The Balaban J connectivity index is 2.06. The van der Waals surface area contributed by atoms with E-state index in [1.165, 1.54) is 12.1 Å². The monoisotopic (exact) mass is 299 g/mol. The summed E-state index contributed by atoms with van der Waals surface area (Å²) in [5.41, 5.74) is 3.97. The number of hydrogen-bond acceptors (Lipinski definition) is 4. The topological polar surface area (TPSA) is 81.7 Å². The van der Waals surface area contributed by atoms with E-state index >= 15 is 0 Å². The number of hydrogen-bond donors (Lipinski definition) is 3. The summed E-state index contributed by atoms with van der Waals surface area (Å²) in [6.45, 7) is 0. The first-order valence-electron chi connectivity index (χ1n) is 6.64. The summed E-state index contributed by atoms with van der Waals surface area (Å²) in [6.07, 6.45) is 0. The molecular formula is C16H17N3O3. The third-order valence-electron chi connectivity index (χ3n) is 3.15. The van der Waals surface area contributed by atoms with Crippen LogP contribution in [0.15, 0.2) is 48.5 Å². The molecule has 6 nitrogen and oxygen atoms in total. The number of nitrogens with zero attached hydrogens (tertiary/aromatic N) is 1. The molecule has 0 aromatic heterocycles. The van der Waals surface area contributed by atoms with Gasteiger partial charge in [-0.3, -0.25) is 14.8 Å². The molecule has 0 spiro atoms. The van der Waals surface area contributed by atoms with Crippen molar-refractivity contribution in [3.63, 3.8) is 0 Å². The molecule has 0 fully saturated rings. The van der Waals surface area contributed by atoms with Gasteiger partial charge in [-0.2, -0.15) is 0 Å². The molecule has 0 saturated heterocycles. The fraction of sp³-hybridized carbons (Fsp3) is 0.125. The lowest BCUT2D eigenvalue weighted by Gasteiger charge is -2.12. The molecule has 0 atom stereocenters. The van der Waals surface area contributed by atoms with Crippen LogP contribution in [0.25, 0.3) is 0 Å². The highest BCUT2D eigenvalue weighted by molar-refractivity contribution is 6.04. The largest absolute Gasteiger partial charge is 0.378 e. The predicted octanol–water partition coefficient (Wildman–Crippen LogP) is 2.12. The van der Waals surface area contributed by atoms with E-state index in [4.69, 9.17) is 5.21 Å². The van der Waals surface area contributed by atoms with Gasteiger partial charge in [-0.1, -0.05) is 0 Å². The number of carbonyl (C=O) groups excluding carboxylic acids is 2. The van der Waals surface area contributed by atoms with Crippen LogP contribution < -0.4 is 15.7 Å². The van der Waals surface area contributed by atoms with Gasteiger partial charge in [-0.05, 0) is 48.5 Å². The average molecular weight is 299 g/mol. The molecular weight excluding hydrogens is 282 g/mol. The maximum absolute atomic E-state index is 12.1. The third-order valence-corrected chi connectivity index (χ3v) is 3.15. The fourth-order valence-electron chi connectivity index (χ4n) is 1.88. The summed E-state index contributed by atoms with van der Waals surface area (Å²) < 4.78 is 0. The molecule has 2 aromatic rings. The second kappa shape index (κ2) is 6.73. The molecule has 2 rings (SSSR count). The first kappa shape index (κ1) is 15.5. The second-order valence-corrected chi connectivity index (χ2v) is 4.91. The minimum atomic E-state index is -0.600. The zero-order valence-corrected chi connectivity index (χ0v) is 12.3. The van der Waals surface area contributed by atoms with Crippen LogP contribution in [-0.4, -0.2) is 31.1 Å². The highest BCUT2D eigenvalue weighted by atomic mass is 16.5. The van der Waals surface area contributed by atoms with Crippen molar-refractivity contribution in [3.05, 3.63) is 59.7 Å². The van der Waals surface area contributed by atoms with Crippen LogP contribution in [0.5, 0.6) is 0 Å². The molecule has 3 N–H and O–H groups in total. The molecule has 0 aliphatic carbocycles. The lowest BCUT2D eigenvalue weighted by Crippen LogP contribution is -2.18. The number of nitrogens with one attached hydrogen (secondary N) is 2. The minimum absolute atomic E-state index is 0.232. The van der Waals surface area contributed by atoms with E-state index in [0.717, 1.165) is 5.69 Å². The summed E-state index contributed by atoms with van der Waals surface area (Å²) >= 11 is 0. The van der Waals surface area contributed by atoms with Crippen molar-refractivity contribution in [2.45, 2.75) is 0 Å². The molecule has 0 bridgehead atoms. The SMILES string of the molecule is CN(C)c1ccc(C(=O)Nc2ccc(C(=O)NO)cc2)cc1. The van der Waals surface area contributed by atoms with Gasteiger partial charge in [0.25, 0.3) is 11.8 Å². The molecule has 0 aliphatic heterocycles. The Morgan fingerprint density at radius 3 is 1.86 bits per heavy atom. The van der Waals surface area contributed by atoms with Crippen LogP contribution in [-0.2, 0) is 0 Å². The first-order chi connectivity index (χ1) is 10.5. The van der Waals surface area contributed by atoms with E-state index in [1.54, 1.807) is 29.7 Å². The number of hydroxylamine groups is 1. The Kier molecular flexibility index (Phi) is 4.75. The zero-order chi connectivity index (χ0) is 16.1. The van der Waals surface area contributed by atoms with E-state index < -0.39 is 5.91 Å². The Morgan fingerprint density at radius 2 is 1.36 bits per heavy atom. The van der Waals surface area contributed by atoms with Crippen LogP contribution in [0, 0.1) is 0 Å². The molecule has 0 saturated carbocycles. The minimum Gasteiger partial charge on any atom is -0.378 e. The first-order valence-corrected chi connectivity index (χ1v) is 6.64. The number of rotatable bonds is 4. The Bertz CT molecular complexity index is 664. The predicted molar refractivity (Wildman–Crippen MR) is 84.4 cm³/mol. The standard InChI is InChI=1S/C16H17N3O3/c1-19(2)14-9-5-11(6-10-14)15(20)17-13-7-3-12(4-8-13)16(21)18-22/h3-10,22H,1-2H3,(H,17,20)(H,18,21). The Labute approximate surface area is 128 Å². The Hall–Kier alpha value is -2.86. The maximum Gasteiger partial charge on any atom is 0.274 e. The van der Waals surface area contributed by atoms with Crippen molar-refractivity contribution >= 4 is 23.2 Å². The van der Waals surface area contributed by atoms with Gasteiger partial charge >= 0.3 is 0 Å². The van der Waals surface area contributed by atoms with Crippen molar-refractivity contribution < 1.29 is 14.8 Å². The van der Waals surface area contributed by atoms with Gasteiger partial charge in [0.15, 0.2) is 0 Å². The lowest BCUT2D eigenvalue weighted by atomic mass is 10.1. The van der Waals surface area contributed by atoms with Crippen LogP contribution in [0.1, 0.15) is 20.7 Å². The normalized spacial score (nSPS) is 9.95. The van der Waals surface area contributed by atoms with Crippen LogP contribution >= 0.6 is 0 Å². The number of benzene rings is 2. The van der Waals surface area contributed by atoms with E-state index in [0.29, 0.717) is 16.8 Å². The van der Waals surface area contributed by atoms with E-state index in [-0.39, 0.29) is 5.91 Å². The fourth-order valence-corrected chi connectivity index (χ4v) is 1.88. The van der Waals surface area contributed by atoms with Gasteiger partial charge in [-0.25, -0.2) is 5.48 Å². The summed E-state index contributed by atoms with van der Waals surface area (Å²) in [5, 5.41) is 11.3. The van der Waals surface area contributed by atoms with Gasteiger partial charge in [0.1, 0.15) is 0 Å². The summed E-state index contributed by atoms with van der Waals surface area (Å²) in [7, 11) is 3.86. The molecule has 114 valence electrons. The van der Waals surface area contributed by atoms with Crippen LogP contribution in [0.2, 0.25) is 0 Å². The van der Waals surface area contributed by atoms with Gasteiger partial charge in [0.05, 0.1) is 0 Å². The summed E-state index contributed by atoms with van der Waals surface area (Å²) in [4.78, 5) is 25.3. The van der Waals surface area contributed by atoms with Crippen molar-refractivity contribution in [1.82, 2.24) is 5.48 Å². The quantitative estimate of drug-likeness (QED) is 0.596. The van der Waals surface area contributed by atoms with Crippen LogP contribution in [0.4, 0.5) is 11.4 Å². The lowest BCUT2D eigenvalue weighted by molar-refractivity contribution is 0.0706. The molecule has 0 aliphatic rings. The Morgan fingerprint density at radius 1 is 0.864 bits per heavy atom. The summed E-state index contributed by atoms with van der Waals surface area (Å²) in [6, 6.07) is 13.4. The molecule has 6 heteroatoms. The zero-order valence-electron chi connectivity index (χ0n) is 12.3. The van der Waals surface area contributed by atoms with E-state index in [9.17, 15) is 9.59 Å². The molecule has 2 amide bonds. The second-order valence-electron chi connectivity index (χ2n) is 4.91. The third kappa shape index (κ3) is 3.62. The number of anilines is 2. The van der Waals surface area contributed by atoms with Gasteiger partial charge in [0, 0.05) is 36.6 Å². The number of amides is 2. The molecule has 22 heavy (non-hydrogen) atoms. The summed E-state index contributed by atoms with van der Waals surface area (Å²) in [5.74, 6) is -0.832. The van der Waals surface area contributed by atoms with Gasteiger partial charge in [0.2, 0.25) is 0 Å². The van der Waals surface area contributed by atoms with Crippen molar-refractivity contribution in [2.75, 3.05) is 24.3 Å². The average Bonchev–Trinajstić information content (AvgIpc) is 2.54. The number of carbonyl (C=O) groups is 2. The van der Waals surface area contributed by atoms with E-state index in [2.05, 4.69) is 5.32 Å². The molecule has 0 heterocycles. The maximum atomic E-state index is 12.1. The van der Waals surface area contributed by atoms with Gasteiger partial charge in [-0.15, -0.1) is 0 Å². The smallest absolute Gasteiger partial charge is 0.274 e. The highest BCUT2D eigenvalue weighted by Crippen LogP contribution is 2.15. The molecule has 0 unspecified atom stereocenters. The van der Waals surface area contributed by atoms with Crippen molar-refractivity contribution in [2.24, 2.45) is 0 Å².